The van der Waals surface area contributed by atoms with Gasteiger partial charge >= 0.3 is 0 Å². The van der Waals surface area contributed by atoms with Crippen LogP contribution in [0.2, 0.25) is 0 Å². The van der Waals surface area contributed by atoms with Gasteiger partial charge in [0.25, 0.3) is 0 Å². The Morgan fingerprint density at radius 3 is 2.56 bits per heavy atom. The third-order valence-electron chi connectivity index (χ3n) is 7.69. The van der Waals surface area contributed by atoms with Crippen molar-refractivity contribution in [3.05, 3.63) is 12.2 Å². The van der Waals surface area contributed by atoms with Crippen molar-refractivity contribution in [1.29, 1.82) is 0 Å². The second kappa shape index (κ2) is 8.78. The summed E-state index contributed by atoms with van der Waals surface area (Å²) >= 11 is 0. The summed E-state index contributed by atoms with van der Waals surface area (Å²) in [5.41, 5.74) is -1.06. The van der Waals surface area contributed by atoms with Gasteiger partial charge in [-0.15, -0.1) is 0 Å². The van der Waals surface area contributed by atoms with Gasteiger partial charge in [-0.3, -0.25) is 14.4 Å². The summed E-state index contributed by atoms with van der Waals surface area (Å²) in [6.45, 7) is 3.49. The number of carbonyl (C=O) groups is 3. The van der Waals surface area contributed by atoms with Crippen LogP contribution in [0.1, 0.15) is 58.3 Å². The van der Waals surface area contributed by atoms with Gasteiger partial charge in [-0.1, -0.05) is 31.4 Å². The highest BCUT2D eigenvalue weighted by molar-refractivity contribution is 6.00. The summed E-state index contributed by atoms with van der Waals surface area (Å²) in [6.07, 6.45) is 11.3. The summed E-state index contributed by atoms with van der Waals surface area (Å²) < 4.78 is 11.8. The fourth-order valence-corrected chi connectivity index (χ4v) is 6.04. The Kier molecular flexibility index (Phi) is 6.01. The first-order chi connectivity index (χ1) is 15.5. The molecule has 1 spiro atoms. The molecule has 176 valence electrons. The van der Waals surface area contributed by atoms with Gasteiger partial charge in [0.2, 0.25) is 17.7 Å². The minimum absolute atomic E-state index is 0.121. The molecule has 4 fully saturated rings. The topological polar surface area (TPSA) is 97.0 Å². The molecule has 32 heavy (non-hydrogen) atoms. The molecule has 2 aliphatic carbocycles. The van der Waals surface area contributed by atoms with Crippen LogP contribution in [0.3, 0.4) is 0 Å². The van der Waals surface area contributed by atoms with Crippen LogP contribution in [0, 0.1) is 11.8 Å². The largest absolute Gasteiger partial charge is 0.382 e. The maximum absolute atomic E-state index is 13.7. The molecular weight excluding hydrogens is 410 g/mol. The number of nitrogens with one attached hydrogen (secondary N) is 2. The minimum atomic E-state index is -1.06. The lowest BCUT2D eigenvalue weighted by atomic mass is 9.74. The molecule has 0 aromatic heterocycles. The molecule has 8 nitrogen and oxygen atoms in total. The highest BCUT2D eigenvalue weighted by Gasteiger charge is 2.72. The van der Waals surface area contributed by atoms with E-state index >= 15 is 0 Å². The van der Waals surface area contributed by atoms with Gasteiger partial charge in [-0.05, 0) is 39.0 Å². The molecule has 3 aliphatic heterocycles. The van der Waals surface area contributed by atoms with Gasteiger partial charge < -0.3 is 25.0 Å². The van der Waals surface area contributed by atoms with Crippen molar-refractivity contribution in [3.63, 3.8) is 0 Å². The number of carbonyl (C=O) groups excluding carboxylic acids is 3. The Morgan fingerprint density at radius 2 is 1.84 bits per heavy atom. The molecule has 0 radical (unpaired) electrons. The number of hydrogen-bond acceptors (Lipinski definition) is 5. The third-order valence-corrected chi connectivity index (χ3v) is 7.69. The monoisotopic (exact) mass is 445 g/mol. The SMILES string of the molecule is CCOCCCN1C(=O)C2C(C(=O)NC3CC3)C3C=CC2(O3)C1C(=O)NC1CCCCC1. The van der Waals surface area contributed by atoms with E-state index in [-0.39, 0.29) is 29.8 Å². The number of nitrogens with zero attached hydrogens (tertiary/aromatic N) is 1. The lowest BCUT2D eigenvalue weighted by Crippen LogP contribution is -2.56. The summed E-state index contributed by atoms with van der Waals surface area (Å²) in [5, 5.41) is 6.26. The van der Waals surface area contributed by atoms with E-state index < -0.39 is 29.6 Å². The Morgan fingerprint density at radius 1 is 1.12 bits per heavy atom. The molecule has 8 heteroatoms. The van der Waals surface area contributed by atoms with E-state index in [1.54, 1.807) is 4.90 Å². The first-order valence-electron chi connectivity index (χ1n) is 12.4. The first kappa shape index (κ1) is 21.9. The Labute approximate surface area is 189 Å². The number of ether oxygens (including phenoxy) is 2. The second-order valence-corrected chi connectivity index (χ2v) is 9.91. The summed E-state index contributed by atoms with van der Waals surface area (Å²) in [4.78, 5) is 42.0. The standard InChI is InChI=1S/C24H35N3O5/c1-2-31-14-6-13-27-20(22(29)26-15-7-4-3-5-8-15)24-12-11-17(32-24)18(19(24)23(27)30)21(28)25-16-9-10-16/h11-12,15-20H,2-10,13-14H2,1H3,(H,25,28)(H,26,29). The van der Waals surface area contributed by atoms with Gasteiger partial charge in [0.15, 0.2) is 0 Å². The van der Waals surface area contributed by atoms with Crippen molar-refractivity contribution in [2.75, 3.05) is 19.8 Å². The van der Waals surface area contributed by atoms with Crippen molar-refractivity contribution in [1.82, 2.24) is 15.5 Å². The van der Waals surface area contributed by atoms with Crippen LogP contribution < -0.4 is 10.6 Å². The predicted octanol–water partition coefficient (Wildman–Crippen LogP) is 1.29. The molecular formula is C24H35N3O5. The van der Waals surface area contributed by atoms with Crippen molar-refractivity contribution < 1.29 is 23.9 Å². The second-order valence-electron chi connectivity index (χ2n) is 9.91. The fraction of sp³-hybridized carbons (Fsp3) is 0.792. The summed E-state index contributed by atoms with van der Waals surface area (Å²) in [7, 11) is 0. The number of likely N-dealkylation sites (tertiary alicyclic amines) is 1. The van der Waals surface area contributed by atoms with Crippen LogP contribution in [-0.4, -0.2) is 72.2 Å². The number of amides is 3. The van der Waals surface area contributed by atoms with E-state index in [0.717, 1.165) is 38.5 Å². The Hall–Kier alpha value is -1.93. The molecule has 0 aromatic rings. The van der Waals surface area contributed by atoms with E-state index in [9.17, 15) is 14.4 Å². The number of rotatable bonds is 9. The van der Waals surface area contributed by atoms with E-state index in [2.05, 4.69) is 10.6 Å². The maximum Gasteiger partial charge on any atom is 0.246 e. The van der Waals surface area contributed by atoms with E-state index in [1.165, 1.54) is 6.42 Å². The fourth-order valence-electron chi connectivity index (χ4n) is 6.04. The highest BCUT2D eigenvalue weighted by atomic mass is 16.5. The average molecular weight is 446 g/mol. The molecule has 5 unspecified atom stereocenters. The Bertz CT molecular complexity index is 791. The smallest absolute Gasteiger partial charge is 0.246 e. The molecule has 2 N–H and O–H groups in total. The van der Waals surface area contributed by atoms with E-state index in [0.29, 0.717) is 26.2 Å². The zero-order valence-corrected chi connectivity index (χ0v) is 18.9. The lowest BCUT2D eigenvalue weighted by molar-refractivity contribution is -0.142. The van der Waals surface area contributed by atoms with Gasteiger partial charge in [0.1, 0.15) is 11.6 Å². The van der Waals surface area contributed by atoms with Crippen LogP contribution in [0.25, 0.3) is 0 Å². The van der Waals surface area contributed by atoms with Gasteiger partial charge in [0, 0.05) is 31.8 Å². The first-order valence-corrected chi connectivity index (χ1v) is 12.4. The Balaban J connectivity index is 1.39. The van der Waals surface area contributed by atoms with E-state index in [1.807, 2.05) is 19.1 Å². The molecule has 3 heterocycles. The summed E-state index contributed by atoms with van der Waals surface area (Å²) in [6, 6.07) is -0.391. The molecule has 5 rings (SSSR count). The van der Waals surface area contributed by atoms with Crippen LogP contribution in [0.15, 0.2) is 12.2 Å². The van der Waals surface area contributed by atoms with Crippen LogP contribution in [0.4, 0.5) is 0 Å². The van der Waals surface area contributed by atoms with E-state index in [4.69, 9.17) is 9.47 Å². The molecule has 2 bridgehead atoms. The maximum atomic E-state index is 13.7. The number of fused-ring (bicyclic) bond motifs is 1. The average Bonchev–Trinajstić information content (AvgIpc) is 3.33. The van der Waals surface area contributed by atoms with Gasteiger partial charge in [-0.25, -0.2) is 0 Å². The van der Waals surface area contributed by atoms with Crippen LogP contribution in [-0.2, 0) is 23.9 Å². The molecule has 0 aromatic carbocycles. The molecule has 2 saturated carbocycles. The van der Waals surface area contributed by atoms with Crippen LogP contribution >= 0.6 is 0 Å². The summed E-state index contributed by atoms with van der Waals surface area (Å²) in [5.74, 6) is -1.64. The zero-order valence-electron chi connectivity index (χ0n) is 18.9. The lowest BCUT2D eigenvalue weighted by Gasteiger charge is -2.34. The minimum Gasteiger partial charge on any atom is -0.382 e. The molecule has 2 saturated heterocycles. The predicted molar refractivity (Wildman–Crippen MR) is 117 cm³/mol. The van der Waals surface area contributed by atoms with Gasteiger partial charge in [0.05, 0.1) is 17.9 Å². The van der Waals surface area contributed by atoms with Crippen molar-refractivity contribution >= 4 is 17.7 Å². The van der Waals surface area contributed by atoms with Crippen molar-refractivity contribution in [2.24, 2.45) is 11.8 Å². The third kappa shape index (κ3) is 3.75. The van der Waals surface area contributed by atoms with Gasteiger partial charge in [-0.2, -0.15) is 0 Å². The normalized spacial score (nSPS) is 35.9. The van der Waals surface area contributed by atoms with Crippen molar-refractivity contribution in [3.8, 4) is 0 Å². The molecule has 5 aliphatic rings. The highest BCUT2D eigenvalue weighted by Crippen LogP contribution is 2.55. The molecule has 3 amide bonds. The van der Waals surface area contributed by atoms with Crippen molar-refractivity contribution in [2.45, 2.75) is 88.1 Å². The molecule has 5 atom stereocenters. The zero-order chi connectivity index (χ0) is 22.3. The van der Waals surface area contributed by atoms with Crippen LogP contribution in [0.5, 0.6) is 0 Å². The number of hydrogen-bond donors (Lipinski definition) is 2. The quantitative estimate of drug-likeness (QED) is 0.412.